The Balaban J connectivity index is 2.76. The number of rotatable bonds is 4. The number of benzene rings is 1. The molecule has 0 aliphatic rings. The Bertz CT molecular complexity index is 416. The molecule has 0 fully saturated rings. The molecule has 0 aliphatic carbocycles. The summed E-state index contributed by atoms with van der Waals surface area (Å²) in [6.45, 7) is 6.49. The molecule has 0 aliphatic heterocycles. The lowest BCUT2D eigenvalue weighted by Gasteiger charge is -2.17. The quantitative estimate of drug-likeness (QED) is 0.810. The number of nitrogens with zero attached hydrogens (tertiary/aromatic N) is 1. The van der Waals surface area contributed by atoms with Gasteiger partial charge in [0.15, 0.2) is 6.61 Å². The van der Waals surface area contributed by atoms with Crippen molar-refractivity contribution in [3.63, 3.8) is 0 Å². The van der Waals surface area contributed by atoms with E-state index in [4.69, 9.17) is 10.5 Å². The highest BCUT2D eigenvalue weighted by atomic mass is 16.5. The second kappa shape index (κ2) is 5.57. The van der Waals surface area contributed by atoms with Gasteiger partial charge >= 0.3 is 0 Å². The predicted molar refractivity (Wildman–Crippen MR) is 69.1 cm³/mol. The molecule has 0 saturated carbocycles. The van der Waals surface area contributed by atoms with E-state index in [9.17, 15) is 4.79 Å². The highest BCUT2D eigenvalue weighted by Crippen LogP contribution is 2.27. The van der Waals surface area contributed by atoms with Crippen LogP contribution in [-0.4, -0.2) is 31.0 Å². The van der Waals surface area contributed by atoms with Crippen molar-refractivity contribution in [2.24, 2.45) is 0 Å². The lowest BCUT2D eigenvalue weighted by atomic mass is 10.1. The first kappa shape index (κ1) is 13.4. The molecule has 0 spiro atoms. The number of anilines is 1. The third-order valence-electron chi connectivity index (χ3n) is 2.88. The molecule has 0 aromatic heterocycles. The summed E-state index contributed by atoms with van der Waals surface area (Å²) in [6, 6.07) is 3.74. The minimum absolute atomic E-state index is 0.0336. The number of ether oxygens (including phenoxy) is 1. The van der Waals surface area contributed by atoms with Gasteiger partial charge in [0, 0.05) is 24.8 Å². The van der Waals surface area contributed by atoms with Crippen LogP contribution in [0.15, 0.2) is 12.1 Å². The Hall–Kier alpha value is -1.71. The maximum atomic E-state index is 11.6. The van der Waals surface area contributed by atoms with Gasteiger partial charge in [-0.15, -0.1) is 0 Å². The fraction of sp³-hybridized carbons (Fsp3) is 0.462. The van der Waals surface area contributed by atoms with E-state index in [-0.39, 0.29) is 12.5 Å². The van der Waals surface area contributed by atoms with Crippen molar-refractivity contribution in [2.45, 2.75) is 20.8 Å². The van der Waals surface area contributed by atoms with E-state index in [0.717, 1.165) is 11.1 Å². The molecule has 1 amide bonds. The van der Waals surface area contributed by atoms with Crippen LogP contribution in [0.3, 0.4) is 0 Å². The van der Waals surface area contributed by atoms with Crippen molar-refractivity contribution in [2.75, 3.05) is 25.9 Å². The van der Waals surface area contributed by atoms with Crippen molar-refractivity contribution in [3.8, 4) is 5.75 Å². The fourth-order valence-electron chi connectivity index (χ4n) is 1.48. The average Bonchev–Trinajstić information content (AvgIpc) is 2.32. The van der Waals surface area contributed by atoms with Crippen molar-refractivity contribution >= 4 is 11.6 Å². The lowest BCUT2D eigenvalue weighted by molar-refractivity contribution is -0.131. The smallest absolute Gasteiger partial charge is 0.260 e. The molecular weight excluding hydrogens is 216 g/mol. The Morgan fingerprint density at radius 2 is 2.06 bits per heavy atom. The van der Waals surface area contributed by atoms with Crippen LogP contribution in [-0.2, 0) is 4.79 Å². The van der Waals surface area contributed by atoms with Crippen LogP contribution in [0.2, 0.25) is 0 Å². The Morgan fingerprint density at radius 3 is 2.65 bits per heavy atom. The van der Waals surface area contributed by atoms with Crippen LogP contribution in [0.4, 0.5) is 5.69 Å². The summed E-state index contributed by atoms with van der Waals surface area (Å²) in [7, 11) is 1.75. The molecule has 94 valence electrons. The molecule has 0 heterocycles. The lowest BCUT2D eigenvalue weighted by Crippen LogP contribution is -2.31. The van der Waals surface area contributed by atoms with Crippen LogP contribution in [0, 0.1) is 13.8 Å². The summed E-state index contributed by atoms with van der Waals surface area (Å²) < 4.78 is 5.56. The maximum Gasteiger partial charge on any atom is 0.260 e. The first-order valence-corrected chi connectivity index (χ1v) is 5.69. The molecule has 0 radical (unpaired) electrons. The molecule has 0 atom stereocenters. The molecule has 17 heavy (non-hydrogen) atoms. The second-order valence-electron chi connectivity index (χ2n) is 4.12. The molecule has 1 rings (SSSR count). The monoisotopic (exact) mass is 236 g/mol. The van der Waals surface area contributed by atoms with E-state index >= 15 is 0 Å². The van der Waals surface area contributed by atoms with Crippen molar-refractivity contribution in [1.29, 1.82) is 0 Å². The summed E-state index contributed by atoms with van der Waals surface area (Å²) in [5, 5.41) is 0. The van der Waals surface area contributed by atoms with Crippen molar-refractivity contribution in [1.82, 2.24) is 4.90 Å². The van der Waals surface area contributed by atoms with E-state index in [1.807, 2.05) is 32.9 Å². The largest absolute Gasteiger partial charge is 0.483 e. The highest BCUT2D eigenvalue weighted by molar-refractivity contribution is 5.77. The summed E-state index contributed by atoms with van der Waals surface area (Å²) in [6.07, 6.45) is 0. The summed E-state index contributed by atoms with van der Waals surface area (Å²) in [5.41, 5.74) is 8.36. The minimum Gasteiger partial charge on any atom is -0.483 e. The van der Waals surface area contributed by atoms with Gasteiger partial charge in [-0.05, 0) is 32.4 Å². The predicted octanol–water partition coefficient (Wildman–Crippen LogP) is 1.74. The van der Waals surface area contributed by atoms with E-state index in [1.165, 1.54) is 0 Å². The Labute approximate surface area is 102 Å². The second-order valence-corrected chi connectivity index (χ2v) is 4.12. The molecule has 0 bridgehead atoms. The standard InChI is InChI=1S/C13H20N2O2/c1-5-15(4)12(16)8-17-13-9(2)6-7-11(14)10(13)3/h6-7H,5,8,14H2,1-4H3. The van der Waals surface area contributed by atoms with Crippen molar-refractivity contribution < 1.29 is 9.53 Å². The third-order valence-corrected chi connectivity index (χ3v) is 2.88. The van der Waals surface area contributed by atoms with Crippen molar-refractivity contribution in [3.05, 3.63) is 23.3 Å². The van der Waals surface area contributed by atoms with Gasteiger partial charge in [-0.25, -0.2) is 0 Å². The molecule has 4 nitrogen and oxygen atoms in total. The normalized spacial score (nSPS) is 10.1. The first-order chi connectivity index (χ1) is 7.97. The number of carbonyl (C=O) groups is 1. The highest BCUT2D eigenvalue weighted by Gasteiger charge is 2.11. The van der Waals surface area contributed by atoms with Gasteiger partial charge < -0.3 is 15.4 Å². The molecule has 0 unspecified atom stereocenters. The van der Waals surface area contributed by atoms with E-state index in [1.54, 1.807) is 11.9 Å². The van der Waals surface area contributed by atoms with Gasteiger partial charge in [0.25, 0.3) is 5.91 Å². The topological polar surface area (TPSA) is 55.6 Å². The number of likely N-dealkylation sites (N-methyl/N-ethyl adjacent to an activating group) is 1. The number of carbonyl (C=O) groups excluding carboxylic acids is 1. The zero-order valence-corrected chi connectivity index (χ0v) is 10.9. The van der Waals surface area contributed by atoms with Gasteiger partial charge in [0.2, 0.25) is 0 Å². The number of hydrogen-bond acceptors (Lipinski definition) is 3. The number of hydrogen-bond donors (Lipinski definition) is 1. The van der Waals surface area contributed by atoms with Crippen LogP contribution >= 0.6 is 0 Å². The number of nitrogen functional groups attached to an aromatic ring is 1. The zero-order chi connectivity index (χ0) is 13.0. The number of aryl methyl sites for hydroxylation is 1. The maximum absolute atomic E-state index is 11.6. The van der Waals surface area contributed by atoms with E-state index in [2.05, 4.69) is 0 Å². The summed E-state index contributed by atoms with van der Waals surface area (Å²) >= 11 is 0. The molecule has 4 heteroatoms. The van der Waals surface area contributed by atoms with Gasteiger partial charge in [-0.1, -0.05) is 6.07 Å². The Kier molecular flexibility index (Phi) is 4.37. The molecule has 0 saturated heterocycles. The summed E-state index contributed by atoms with van der Waals surface area (Å²) in [4.78, 5) is 13.2. The van der Waals surface area contributed by atoms with E-state index < -0.39 is 0 Å². The number of amides is 1. The molecule has 1 aromatic rings. The molecular formula is C13H20N2O2. The zero-order valence-electron chi connectivity index (χ0n) is 10.9. The molecule has 2 N–H and O–H groups in total. The van der Waals surface area contributed by atoms with Crippen LogP contribution in [0.1, 0.15) is 18.1 Å². The number of nitrogens with two attached hydrogens (primary N) is 1. The van der Waals surface area contributed by atoms with Gasteiger partial charge in [-0.2, -0.15) is 0 Å². The Morgan fingerprint density at radius 1 is 1.41 bits per heavy atom. The van der Waals surface area contributed by atoms with E-state index in [0.29, 0.717) is 18.0 Å². The van der Waals surface area contributed by atoms with Gasteiger partial charge in [0.1, 0.15) is 5.75 Å². The first-order valence-electron chi connectivity index (χ1n) is 5.69. The van der Waals surface area contributed by atoms with Crippen LogP contribution < -0.4 is 10.5 Å². The fourth-order valence-corrected chi connectivity index (χ4v) is 1.48. The SMILES string of the molecule is CCN(C)C(=O)COc1c(C)ccc(N)c1C. The van der Waals surface area contributed by atoms with Crippen LogP contribution in [0.5, 0.6) is 5.75 Å². The van der Waals surface area contributed by atoms with Gasteiger partial charge in [0.05, 0.1) is 0 Å². The average molecular weight is 236 g/mol. The third kappa shape index (κ3) is 3.12. The van der Waals surface area contributed by atoms with Crippen LogP contribution in [0.25, 0.3) is 0 Å². The molecule has 1 aromatic carbocycles. The van der Waals surface area contributed by atoms with Gasteiger partial charge in [-0.3, -0.25) is 4.79 Å². The summed E-state index contributed by atoms with van der Waals surface area (Å²) in [5.74, 6) is 0.677. The minimum atomic E-state index is -0.0336.